The van der Waals surface area contributed by atoms with Crippen LogP contribution in [-0.4, -0.2) is 25.9 Å². The number of nitrogens with one attached hydrogen (secondary N) is 2. The summed E-state index contributed by atoms with van der Waals surface area (Å²) in [5.74, 6) is 0.0134. The van der Waals surface area contributed by atoms with Gasteiger partial charge >= 0.3 is 12.2 Å². The molecule has 0 saturated carbocycles. The molecule has 12 heteroatoms. The number of carbonyl (C=O) groups excluding carboxylic acids is 1. The van der Waals surface area contributed by atoms with E-state index in [0.717, 1.165) is 10.7 Å². The van der Waals surface area contributed by atoms with E-state index in [2.05, 4.69) is 20.7 Å². The molecule has 0 radical (unpaired) electrons. The van der Waals surface area contributed by atoms with Gasteiger partial charge in [0.05, 0.1) is 39.2 Å². The number of pyridine rings is 1. The third-order valence-electron chi connectivity index (χ3n) is 4.73. The first-order chi connectivity index (χ1) is 15.6. The number of fused-ring (bicyclic) bond motifs is 1. The average molecular weight is 496 g/mol. The van der Waals surface area contributed by atoms with Crippen LogP contribution in [0.25, 0.3) is 10.9 Å². The molecular formula is C21H14Cl2F3N5O2. The highest BCUT2D eigenvalue weighted by atomic mass is 35.5. The van der Waals surface area contributed by atoms with Crippen molar-refractivity contribution < 1.29 is 23.1 Å². The molecule has 3 N–H and O–H groups in total. The zero-order valence-corrected chi connectivity index (χ0v) is 18.0. The van der Waals surface area contributed by atoms with Crippen molar-refractivity contribution in [2.45, 2.75) is 12.7 Å². The number of benzene rings is 2. The minimum Gasteiger partial charge on any atom is -0.505 e. The molecule has 0 aliphatic rings. The highest BCUT2D eigenvalue weighted by Crippen LogP contribution is 2.38. The quantitative estimate of drug-likeness (QED) is 0.315. The Morgan fingerprint density at radius 2 is 1.88 bits per heavy atom. The number of alkyl halides is 3. The zero-order valence-electron chi connectivity index (χ0n) is 16.5. The Hall–Kier alpha value is -3.50. The summed E-state index contributed by atoms with van der Waals surface area (Å²) in [6.07, 6.45) is -1.80. The first kappa shape index (κ1) is 22.7. The van der Waals surface area contributed by atoms with E-state index in [9.17, 15) is 23.1 Å². The maximum atomic E-state index is 13.1. The molecule has 1 amide bonds. The Kier molecular flexibility index (Phi) is 6.05. The van der Waals surface area contributed by atoms with Gasteiger partial charge in [-0.15, -0.1) is 0 Å². The van der Waals surface area contributed by atoms with E-state index in [0.29, 0.717) is 16.9 Å². The van der Waals surface area contributed by atoms with Crippen LogP contribution in [0.1, 0.15) is 11.1 Å². The van der Waals surface area contributed by atoms with Crippen LogP contribution in [0, 0.1) is 0 Å². The smallest absolute Gasteiger partial charge is 0.416 e. The Morgan fingerprint density at radius 1 is 1.12 bits per heavy atom. The maximum Gasteiger partial charge on any atom is 0.416 e. The van der Waals surface area contributed by atoms with Gasteiger partial charge in [-0.3, -0.25) is 0 Å². The molecule has 2 aromatic carbocycles. The van der Waals surface area contributed by atoms with Gasteiger partial charge in [0.2, 0.25) is 0 Å². The van der Waals surface area contributed by atoms with E-state index < -0.39 is 17.8 Å². The molecule has 0 fully saturated rings. The monoisotopic (exact) mass is 495 g/mol. The van der Waals surface area contributed by atoms with Crippen molar-refractivity contribution in [1.82, 2.24) is 14.8 Å². The van der Waals surface area contributed by atoms with Crippen LogP contribution >= 0.6 is 23.2 Å². The summed E-state index contributed by atoms with van der Waals surface area (Å²) in [7, 11) is 0. The average Bonchev–Trinajstić information content (AvgIpc) is 3.20. The number of halogens is 5. The minimum absolute atomic E-state index is 0.0271. The Labute approximate surface area is 194 Å². The Morgan fingerprint density at radius 3 is 2.58 bits per heavy atom. The van der Waals surface area contributed by atoms with Gasteiger partial charge in [0.1, 0.15) is 5.82 Å². The number of nitrogens with zero attached hydrogens (tertiary/aromatic N) is 3. The van der Waals surface area contributed by atoms with Crippen molar-refractivity contribution in [3.05, 3.63) is 76.0 Å². The molecule has 170 valence electrons. The van der Waals surface area contributed by atoms with E-state index in [1.807, 2.05) is 0 Å². The molecule has 0 unspecified atom stereocenters. The molecule has 0 saturated heterocycles. The number of rotatable bonds is 4. The molecule has 0 aliphatic carbocycles. The van der Waals surface area contributed by atoms with E-state index in [-0.39, 0.29) is 33.4 Å². The topological polar surface area (TPSA) is 92.1 Å². The molecule has 7 nitrogen and oxygen atoms in total. The molecule has 0 spiro atoms. The second-order valence-corrected chi connectivity index (χ2v) is 7.67. The molecular weight excluding hydrogens is 482 g/mol. The second kappa shape index (κ2) is 8.80. The van der Waals surface area contributed by atoms with Crippen LogP contribution in [-0.2, 0) is 12.7 Å². The number of phenolic OH excluding ortho intramolecular Hbond substituents is 1. The molecule has 33 heavy (non-hydrogen) atoms. The summed E-state index contributed by atoms with van der Waals surface area (Å²) in [5, 5.41) is 19.5. The van der Waals surface area contributed by atoms with Crippen molar-refractivity contribution in [2.24, 2.45) is 0 Å². The summed E-state index contributed by atoms with van der Waals surface area (Å²) in [5.41, 5.74) is -0.0322. The lowest BCUT2D eigenvalue weighted by Gasteiger charge is -2.13. The van der Waals surface area contributed by atoms with E-state index in [1.165, 1.54) is 48.8 Å². The van der Waals surface area contributed by atoms with Crippen molar-refractivity contribution >= 4 is 51.6 Å². The third-order valence-corrected chi connectivity index (χ3v) is 5.40. The molecule has 0 bridgehead atoms. The van der Waals surface area contributed by atoms with Gasteiger partial charge in [-0.05, 0) is 29.8 Å². The fourth-order valence-electron chi connectivity index (χ4n) is 3.13. The molecule has 0 aliphatic heterocycles. The summed E-state index contributed by atoms with van der Waals surface area (Å²) < 4.78 is 40.3. The van der Waals surface area contributed by atoms with Crippen LogP contribution < -0.4 is 10.6 Å². The number of amides is 1. The van der Waals surface area contributed by atoms with Crippen molar-refractivity contribution in [2.75, 3.05) is 10.6 Å². The lowest BCUT2D eigenvalue weighted by molar-refractivity contribution is -0.138. The van der Waals surface area contributed by atoms with E-state index in [1.54, 1.807) is 0 Å². The Balaban J connectivity index is 1.46. The van der Waals surface area contributed by atoms with Gasteiger partial charge < -0.3 is 15.7 Å². The lowest BCUT2D eigenvalue weighted by Crippen LogP contribution is -2.20. The zero-order chi connectivity index (χ0) is 23.8. The molecule has 4 rings (SSSR count). The summed E-state index contributed by atoms with van der Waals surface area (Å²) >= 11 is 12.0. The van der Waals surface area contributed by atoms with Crippen LogP contribution in [0.2, 0.25) is 10.0 Å². The maximum absolute atomic E-state index is 13.1. The first-order valence-electron chi connectivity index (χ1n) is 9.36. The number of carbonyl (C=O) groups is 1. The highest BCUT2D eigenvalue weighted by Gasteiger charge is 2.32. The van der Waals surface area contributed by atoms with Gasteiger partial charge in [0.25, 0.3) is 0 Å². The van der Waals surface area contributed by atoms with Crippen molar-refractivity contribution in [3.8, 4) is 5.75 Å². The van der Waals surface area contributed by atoms with Crippen LogP contribution in [0.5, 0.6) is 5.75 Å². The summed E-state index contributed by atoms with van der Waals surface area (Å²) in [4.78, 5) is 16.7. The fourth-order valence-corrected chi connectivity index (χ4v) is 3.63. The van der Waals surface area contributed by atoms with Crippen molar-refractivity contribution in [3.63, 3.8) is 0 Å². The standard InChI is InChI=1S/C21H14Cl2F3N5O2/c22-15-7-16-13(18(23)19(15)32)10-29-31(16)20(33)30-12-5-6-17(28-9-12)27-8-11-3-1-2-4-14(11)21(24,25)26/h1-7,9-10,32H,8H2,(H,27,28)(H,30,33). The molecule has 2 heterocycles. The molecule has 2 aromatic heterocycles. The number of aromatic nitrogens is 3. The van der Waals surface area contributed by atoms with Crippen molar-refractivity contribution in [1.29, 1.82) is 0 Å². The number of anilines is 2. The predicted octanol–water partition coefficient (Wildman–Crippen LogP) is 6.15. The van der Waals surface area contributed by atoms with Gasteiger partial charge in [0.15, 0.2) is 5.75 Å². The van der Waals surface area contributed by atoms with Gasteiger partial charge in [0, 0.05) is 11.9 Å². The number of hydrogen-bond donors (Lipinski definition) is 3. The Bertz CT molecular complexity index is 1340. The summed E-state index contributed by atoms with van der Waals surface area (Å²) in [6, 6.07) is 9.02. The van der Waals surface area contributed by atoms with Gasteiger partial charge in [-0.1, -0.05) is 41.4 Å². The largest absolute Gasteiger partial charge is 0.505 e. The minimum atomic E-state index is -4.45. The summed E-state index contributed by atoms with van der Waals surface area (Å²) in [6.45, 7) is -0.0813. The van der Waals surface area contributed by atoms with Crippen LogP contribution in [0.3, 0.4) is 0 Å². The van der Waals surface area contributed by atoms with E-state index in [4.69, 9.17) is 23.2 Å². The SMILES string of the molecule is O=C(Nc1ccc(NCc2ccccc2C(F)(F)F)nc1)n1ncc2c(Cl)c(O)c(Cl)cc21. The number of aromatic hydroxyl groups is 1. The third kappa shape index (κ3) is 4.67. The molecule has 0 atom stereocenters. The normalized spacial score (nSPS) is 11.5. The van der Waals surface area contributed by atoms with E-state index >= 15 is 0 Å². The van der Waals surface area contributed by atoms with Crippen LogP contribution in [0.15, 0.2) is 54.9 Å². The molecule has 4 aromatic rings. The number of phenols is 1. The number of hydrogen-bond acceptors (Lipinski definition) is 5. The second-order valence-electron chi connectivity index (χ2n) is 6.88. The first-order valence-corrected chi connectivity index (χ1v) is 10.1. The predicted molar refractivity (Wildman–Crippen MR) is 119 cm³/mol. The lowest BCUT2D eigenvalue weighted by atomic mass is 10.1. The van der Waals surface area contributed by atoms with Crippen LogP contribution in [0.4, 0.5) is 29.5 Å². The fraction of sp³-hybridized carbons (Fsp3) is 0.0952. The van der Waals surface area contributed by atoms with Gasteiger partial charge in [-0.25, -0.2) is 9.78 Å². The van der Waals surface area contributed by atoms with Gasteiger partial charge in [-0.2, -0.15) is 23.0 Å². The highest BCUT2D eigenvalue weighted by molar-refractivity contribution is 6.41.